The maximum absolute atomic E-state index is 12.6. The molecule has 0 radical (unpaired) electrons. The first kappa shape index (κ1) is 12.5. The molecule has 0 amide bonds. The maximum atomic E-state index is 12.6. The number of hydrogen-bond acceptors (Lipinski definition) is 2. The van der Waals surface area contributed by atoms with Crippen LogP contribution in [0.25, 0.3) is 0 Å². The summed E-state index contributed by atoms with van der Waals surface area (Å²) >= 11 is 0. The quantitative estimate of drug-likeness (QED) is 0.881. The molecule has 2 rings (SSSR count). The lowest BCUT2D eigenvalue weighted by Gasteiger charge is -2.29. The minimum atomic E-state index is -2.50. The van der Waals surface area contributed by atoms with E-state index in [-0.39, 0.29) is 0 Å². The first-order valence-corrected chi connectivity index (χ1v) is 6.21. The molecule has 5 heteroatoms. The van der Waals surface area contributed by atoms with Crippen LogP contribution in [0.3, 0.4) is 0 Å². The number of hydrogen-bond donors (Lipinski definition) is 1. The van der Waals surface area contributed by atoms with Crippen molar-refractivity contribution >= 4 is 0 Å². The number of nitrogens with zero attached hydrogens (tertiary/aromatic N) is 2. The highest BCUT2D eigenvalue weighted by Gasteiger charge is 2.21. The summed E-state index contributed by atoms with van der Waals surface area (Å²) in [5.74, 6) is 1.04. The molecule has 1 aromatic rings. The summed E-state index contributed by atoms with van der Waals surface area (Å²) in [7, 11) is 0. The Labute approximate surface area is 100 Å². The molecule has 2 unspecified atom stereocenters. The van der Waals surface area contributed by atoms with Crippen molar-refractivity contribution in [2.24, 2.45) is 5.92 Å². The average Bonchev–Trinajstić information content (AvgIpc) is 2.76. The third-order valence-corrected chi connectivity index (χ3v) is 3.59. The highest BCUT2D eigenvalue weighted by Crippen LogP contribution is 2.24. The van der Waals surface area contributed by atoms with Gasteiger partial charge in [-0.3, -0.25) is 4.57 Å². The molecule has 1 aliphatic rings. The number of alkyl halides is 2. The topological polar surface area (TPSA) is 29.9 Å². The van der Waals surface area contributed by atoms with Crippen LogP contribution >= 0.6 is 0 Å². The predicted molar refractivity (Wildman–Crippen MR) is 61.7 cm³/mol. The van der Waals surface area contributed by atoms with Gasteiger partial charge >= 0.3 is 6.55 Å². The molecule has 96 valence electrons. The van der Waals surface area contributed by atoms with E-state index in [2.05, 4.69) is 17.2 Å². The number of imidazole rings is 1. The summed E-state index contributed by atoms with van der Waals surface area (Å²) in [6, 6.07) is 0.437. The van der Waals surface area contributed by atoms with E-state index in [1.54, 1.807) is 0 Å². The molecule has 0 saturated heterocycles. The summed E-state index contributed by atoms with van der Waals surface area (Å²) < 4.78 is 26.1. The molecule has 0 aromatic carbocycles. The second-order valence-corrected chi connectivity index (χ2v) is 4.78. The summed E-state index contributed by atoms with van der Waals surface area (Å²) in [6.45, 7) is 0.140. The number of nitrogens with one attached hydrogen (secondary N) is 1. The lowest BCUT2D eigenvalue weighted by atomic mass is 9.86. The van der Waals surface area contributed by atoms with Crippen molar-refractivity contribution in [2.75, 3.05) is 0 Å². The third-order valence-electron chi connectivity index (χ3n) is 3.59. The van der Waals surface area contributed by atoms with E-state index >= 15 is 0 Å². The molecular formula is C12H19F2N3. The Kier molecular flexibility index (Phi) is 4.10. The van der Waals surface area contributed by atoms with E-state index in [9.17, 15) is 8.78 Å². The molecule has 3 nitrogen and oxygen atoms in total. The molecule has 1 fully saturated rings. The normalized spacial score (nSPS) is 25.4. The number of rotatable bonds is 4. The Hall–Kier alpha value is -0.970. The van der Waals surface area contributed by atoms with Crippen LogP contribution in [0.1, 0.15) is 45.0 Å². The summed E-state index contributed by atoms with van der Waals surface area (Å²) in [6.07, 6.45) is 7.62. The fourth-order valence-electron chi connectivity index (χ4n) is 2.50. The SMILES string of the molecule is CC1CCCCC1NCc1nccn1C(F)F. The van der Waals surface area contributed by atoms with Crippen LogP contribution in [0, 0.1) is 5.92 Å². The molecule has 1 aromatic heterocycles. The Morgan fingerprint density at radius 1 is 1.47 bits per heavy atom. The van der Waals surface area contributed by atoms with Crippen LogP contribution in [-0.2, 0) is 6.54 Å². The summed E-state index contributed by atoms with van der Waals surface area (Å²) in [4.78, 5) is 3.97. The molecular weight excluding hydrogens is 224 g/mol. The maximum Gasteiger partial charge on any atom is 0.319 e. The molecule has 1 N–H and O–H groups in total. The van der Waals surface area contributed by atoms with Gasteiger partial charge in [0, 0.05) is 18.4 Å². The van der Waals surface area contributed by atoms with E-state index in [1.165, 1.54) is 31.7 Å². The van der Waals surface area contributed by atoms with Crippen molar-refractivity contribution in [3.63, 3.8) is 0 Å². The van der Waals surface area contributed by atoms with E-state index in [0.29, 0.717) is 24.3 Å². The molecule has 2 atom stereocenters. The standard InChI is InChI=1S/C12H19F2N3/c1-9-4-2-3-5-10(9)16-8-11-15-6-7-17(11)12(13)14/h6-7,9-10,12,16H,2-5,8H2,1H3. The van der Waals surface area contributed by atoms with Crippen LogP contribution in [0.15, 0.2) is 12.4 Å². The van der Waals surface area contributed by atoms with Crippen molar-refractivity contribution in [2.45, 2.75) is 51.7 Å². The molecule has 17 heavy (non-hydrogen) atoms. The Bertz CT molecular complexity index is 351. The van der Waals surface area contributed by atoms with Crippen LogP contribution in [0.2, 0.25) is 0 Å². The molecule has 1 saturated carbocycles. The highest BCUT2D eigenvalue weighted by molar-refractivity contribution is 4.93. The van der Waals surface area contributed by atoms with Gasteiger partial charge in [-0.1, -0.05) is 19.8 Å². The van der Waals surface area contributed by atoms with E-state index < -0.39 is 6.55 Å². The van der Waals surface area contributed by atoms with Gasteiger partial charge in [-0.25, -0.2) is 4.98 Å². The van der Waals surface area contributed by atoms with Gasteiger partial charge in [-0.2, -0.15) is 8.78 Å². The van der Waals surface area contributed by atoms with Crippen molar-refractivity contribution < 1.29 is 8.78 Å². The summed E-state index contributed by atoms with van der Waals surface area (Å²) in [5.41, 5.74) is 0. The fraction of sp³-hybridized carbons (Fsp3) is 0.750. The lowest BCUT2D eigenvalue weighted by Crippen LogP contribution is -2.37. The molecule has 1 heterocycles. The van der Waals surface area contributed by atoms with E-state index in [0.717, 1.165) is 11.0 Å². The van der Waals surface area contributed by atoms with Gasteiger partial charge in [-0.15, -0.1) is 0 Å². The number of aromatic nitrogens is 2. The Morgan fingerprint density at radius 2 is 2.24 bits per heavy atom. The minimum Gasteiger partial charge on any atom is -0.307 e. The van der Waals surface area contributed by atoms with E-state index in [1.807, 2.05) is 0 Å². The zero-order valence-electron chi connectivity index (χ0n) is 10.1. The Morgan fingerprint density at radius 3 is 2.94 bits per heavy atom. The predicted octanol–water partition coefficient (Wildman–Crippen LogP) is 2.95. The monoisotopic (exact) mass is 243 g/mol. The molecule has 0 aliphatic heterocycles. The highest BCUT2D eigenvalue weighted by atomic mass is 19.3. The fourth-order valence-corrected chi connectivity index (χ4v) is 2.50. The van der Waals surface area contributed by atoms with Gasteiger partial charge in [0.2, 0.25) is 0 Å². The lowest BCUT2D eigenvalue weighted by molar-refractivity contribution is 0.0662. The van der Waals surface area contributed by atoms with Crippen molar-refractivity contribution in [1.82, 2.24) is 14.9 Å². The molecule has 0 spiro atoms. The van der Waals surface area contributed by atoms with Crippen molar-refractivity contribution in [1.29, 1.82) is 0 Å². The second-order valence-electron chi connectivity index (χ2n) is 4.78. The minimum absolute atomic E-state index is 0.415. The van der Waals surface area contributed by atoms with Gasteiger partial charge in [0.1, 0.15) is 5.82 Å². The van der Waals surface area contributed by atoms with Gasteiger partial charge in [0.25, 0.3) is 0 Å². The van der Waals surface area contributed by atoms with Crippen LogP contribution in [0.5, 0.6) is 0 Å². The van der Waals surface area contributed by atoms with Gasteiger partial charge < -0.3 is 5.32 Å². The zero-order chi connectivity index (χ0) is 12.3. The van der Waals surface area contributed by atoms with Gasteiger partial charge in [0.15, 0.2) is 0 Å². The molecule has 0 bridgehead atoms. The second kappa shape index (κ2) is 5.58. The van der Waals surface area contributed by atoms with Crippen molar-refractivity contribution in [3.05, 3.63) is 18.2 Å². The van der Waals surface area contributed by atoms with Crippen LogP contribution in [-0.4, -0.2) is 15.6 Å². The first-order chi connectivity index (χ1) is 8.18. The Balaban J connectivity index is 1.90. The van der Waals surface area contributed by atoms with Gasteiger partial charge in [-0.05, 0) is 18.8 Å². The third kappa shape index (κ3) is 3.03. The average molecular weight is 243 g/mol. The zero-order valence-corrected chi connectivity index (χ0v) is 10.1. The smallest absolute Gasteiger partial charge is 0.307 e. The van der Waals surface area contributed by atoms with E-state index in [4.69, 9.17) is 0 Å². The van der Waals surface area contributed by atoms with Gasteiger partial charge in [0.05, 0.1) is 6.54 Å². The van der Waals surface area contributed by atoms with Crippen molar-refractivity contribution in [3.8, 4) is 0 Å². The summed E-state index contributed by atoms with van der Waals surface area (Å²) in [5, 5.41) is 3.35. The molecule has 1 aliphatic carbocycles. The first-order valence-electron chi connectivity index (χ1n) is 6.21. The van der Waals surface area contributed by atoms with Crippen LogP contribution < -0.4 is 5.32 Å². The number of halogens is 2. The largest absolute Gasteiger partial charge is 0.319 e. The van der Waals surface area contributed by atoms with Crippen LogP contribution in [0.4, 0.5) is 8.78 Å².